The van der Waals surface area contributed by atoms with Crippen molar-refractivity contribution in [3.05, 3.63) is 65.7 Å². The maximum atomic E-state index is 11.4. The van der Waals surface area contributed by atoms with Crippen LogP contribution in [0.1, 0.15) is 41.3 Å². The second-order valence-electron chi connectivity index (χ2n) is 7.17. The van der Waals surface area contributed by atoms with Crippen molar-refractivity contribution in [1.29, 1.82) is 0 Å². The Labute approximate surface area is 160 Å². The highest BCUT2D eigenvalue weighted by atomic mass is 16.5. The number of likely N-dealkylation sites (tertiary alicyclic amines) is 1. The Morgan fingerprint density at radius 1 is 1.11 bits per heavy atom. The highest BCUT2D eigenvalue weighted by Crippen LogP contribution is 2.24. The second kappa shape index (κ2) is 9.53. The molecule has 0 saturated carbocycles. The third-order valence-corrected chi connectivity index (χ3v) is 5.26. The fourth-order valence-electron chi connectivity index (χ4n) is 3.61. The molecule has 3 N–H and O–H groups in total. The molecule has 1 heterocycles. The molecule has 0 spiro atoms. The van der Waals surface area contributed by atoms with Gasteiger partial charge in [-0.3, -0.25) is 4.79 Å². The minimum Gasteiger partial charge on any atom is -0.493 e. The number of piperidine rings is 1. The van der Waals surface area contributed by atoms with Crippen molar-refractivity contribution in [3.63, 3.8) is 0 Å². The van der Waals surface area contributed by atoms with Gasteiger partial charge in [0.05, 0.1) is 18.3 Å². The van der Waals surface area contributed by atoms with Crippen molar-refractivity contribution in [2.24, 2.45) is 11.7 Å². The first-order valence-electron chi connectivity index (χ1n) is 9.60. The van der Waals surface area contributed by atoms with Gasteiger partial charge in [0.15, 0.2) is 0 Å². The van der Waals surface area contributed by atoms with Gasteiger partial charge in [-0.25, -0.2) is 0 Å². The number of hydrogen-bond donors (Lipinski definition) is 2. The molecule has 2 aromatic carbocycles. The third kappa shape index (κ3) is 5.55. The number of para-hydroxylation sites is 1. The molecule has 0 radical (unpaired) electrons. The zero-order valence-electron chi connectivity index (χ0n) is 15.6. The maximum Gasteiger partial charge on any atom is 0.252 e. The number of carbonyl (C=O) groups excluding carboxylic acids is 1. The van der Waals surface area contributed by atoms with Gasteiger partial charge in [-0.1, -0.05) is 42.5 Å². The predicted molar refractivity (Wildman–Crippen MR) is 106 cm³/mol. The van der Waals surface area contributed by atoms with Crippen LogP contribution in [0.25, 0.3) is 0 Å². The van der Waals surface area contributed by atoms with Crippen LogP contribution in [-0.2, 0) is 0 Å². The summed E-state index contributed by atoms with van der Waals surface area (Å²) in [6.45, 7) is 3.25. The molecule has 1 aliphatic rings. The summed E-state index contributed by atoms with van der Waals surface area (Å²) in [5.41, 5.74) is 6.79. The van der Waals surface area contributed by atoms with Gasteiger partial charge in [-0.2, -0.15) is 0 Å². The number of carbonyl (C=O) groups is 1. The molecular formula is C22H28N2O3. The van der Waals surface area contributed by atoms with Crippen molar-refractivity contribution in [2.75, 3.05) is 26.2 Å². The standard InChI is InChI=1S/C22H28N2O3/c23-22(26)19-8-4-5-9-21(19)27-15-12-17-10-13-24(14-11-17)16-20(25)18-6-2-1-3-7-18/h1-9,17,20,25H,10-16H2,(H2,23,26). The molecule has 0 bridgehead atoms. The van der Waals surface area contributed by atoms with Crippen molar-refractivity contribution in [1.82, 2.24) is 4.90 Å². The lowest BCUT2D eigenvalue weighted by atomic mass is 9.93. The number of rotatable bonds is 8. The number of primary amides is 1. The SMILES string of the molecule is NC(=O)c1ccccc1OCCC1CCN(CC(O)c2ccccc2)CC1. The lowest BCUT2D eigenvalue weighted by molar-refractivity contribution is 0.0851. The number of ether oxygens (including phenoxy) is 1. The highest BCUT2D eigenvalue weighted by molar-refractivity contribution is 5.95. The molecule has 0 aliphatic carbocycles. The van der Waals surface area contributed by atoms with Crippen molar-refractivity contribution in [3.8, 4) is 5.75 Å². The molecule has 1 unspecified atom stereocenters. The molecule has 2 aromatic rings. The van der Waals surface area contributed by atoms with Crippen molar-refractivity contribution >= 4 is 5.91 Å². The van der Waals surface area contributed by atoms with Gasteiger partial charge in [0.2, 0.25) is 0 Å². The average Bonchev–Trinajstić information content (AvgIpc) is 2.70. The predicted octanol–water partition coefficient (Wildman–Crippen LogP) is 3.00. The Bertz CT molecular complexity index is 727. The van der Waals surface area contributed by atoms with Gasteiger partial charge in [0, 0.05) is 6.54 Å². The molecule has 27 heavy (non-hydrogen) atoms. The van der Waals surface area contributed by atoms with E-state index in [1.165, 1.54) is 0 Å². The minimum absolute atomic E-state index is 0.433. The maximum absolute atomic E-state index is 11.4. The number of aliphatic hydroxyl groups excluding tert-OH is 1. The number of benzene rings is 2. The van der Waals surface area contributed by atoms with Gasteiger partial charge in [-0.05, 0) is 56.0 Å². The van der Waals surface area contributed by atoms with Gasteiger partial charge in [0.1, 0.15) is 5.75 Å². The molecule has 1 amide bonds. The van der Waals surface area contributed by atoms with Crippen LogP contribution in [0.4, 0.5) is 0 Å². The summed E-state index contributed by atoms with van der Waals surface area (Å²) < 4.78 is 5.80. The van der Waals surface area contributed by atoms with E-state index in [9.17, 15) is 9.90 Å². The van der Waals surface area contributed by atoms with Crippen LogP contribution in [0, 0.1) is 5.92 Å². The number of amides is 1. The van der Waals surface area contributed by atoms with E-state index in [1.807, 2.05) is 36.4 Å². The van der Waals surface area contributed by atoms with E-state index in [0.29, 0.717) is 30.4 Å². The number of nitrogens with two attached hydrogens (primary N) is 1. The summed E-state index contributed by atoms with van der Waals surface area (Å²) in [5.74, 6) is 0.708. The van der Waals surface area contributed by atoms with Crippen molar-refractivity contribution < 1.29 is 14.6 Å². The minimum atomic E-state index is -0.462. The first-order chi connectivity index (χ1) is 13.1. The van der Waals surface area contributed by atoms with Crippen LogP contribution in [0.2, 0.25) is 0 Å². The average molecular weight is 368 g/mol. The first-order valence-corrected chi connectivity index (χ1v) is 9.60. The molecule has 144 valence electrons. The normalized spacial score (nSPS) is 16.8. The van der Waals surface area contributed by atoms with Gasteiger partial charge >= 0.3 is 0 Å². The van der Waals surface area contributed by atoms with Crippen LogP contribution >= 0.6 is 0 Å². The van der Waals surface area contributed by atoms with Gasteiger partial charge in [0.25, 0.3) is 5.91 Å². The number of hydrogen-bond acceptors (Lipinski definition) is 4. The van der Waals surface area contributed by atoms with Crippen LogP contribution < -0.4 is 10.5 Å². The Kier molecular flexibility index (Phi) is 6.85. The zero-order valence-corrected chi connectivity index (χ0v) is 15.6. The van der Waals surface area contributed by atoms with Crippen LogP contribution in [0.5, 0.6) is 5.75 Å². The molecule has 0 aromatic heterocycles. The van der Waals surface area contributed by atoms with E-state index in [2.05, 4.69) is 4.90 Å². The third-order valence-electron chi connectivity index (χ3n) is 5.26. The highest BCUT2D eigenvalue weighted by Gasteiger charge is 2.21. The smallest absolute Gasteiger partial charge is 0.252 e. The molecule has 1 fully saturated rings. The molecule has 3 rings (SSSR count). The summed E-state index contributed by atoms with van der Waals surface area (Å²) in [7, 11) is 0. The Morgan fingerprint density at radius 3 is 2.48 bits per heavy atom. The first kappa shape index (κ1) is 19.4. The summed E-state index contributed by atoms with van der Waals surface area (Å²) in [6.07, 6.45) is 2.73. The lowest BCUT2D eigenvalue weighted by Gasteiger charge is -2.33. The lowest BCUT2D eigenvalue weighted by Crippen LogP contribution is -2.37. The van der Waals surface area contributed by atoms with E-state index < -0.39 is 12.0 Å². The molecule has 1 saturated heterocycles. The molecule has 1 atom stereocenters. The summed E-state index contributed by atoms with van der Waals surface area (Å²) in [4.78, 5) is 13.8. The summed E-state index contributed by atoms with van der Waals surface area (Å²) in [6, 6.07) is 16.9. The van der Waals surface area contributed by atoms with E-state index >= 15 is 0 Å². The summed E-state index contributed by atoms with van der Waals surface area (Å²) >= 11 is 0. The Balaban J connectivity index is 1.39. The molecule has 1 aliphatic heterocycles. The number of β-amino-alcohol motifs (C(OH)–C–C–N with tert-alkyl or cyclic N) is 1. The number of aliphatic hydroxyl groups is 1. The Morgan fingerprint density at radius 2 is 1.78 bits per heavy atom. The fourth-order valence-corrected chi connectivity index (χ4v) is 3.61. The quantitative estimate of drug-likeness (QED) is 0.751. The summed E-state index contributed by atoms with van der Waals surface area (Å²) in [5, 5.41) is 10.4. The molecular weight excluding hydrogens is 340 g/mol. The second-order valence-corrected chi connectivity index (χ2v) is 7.17. The van der Waals surface area contributed by atoms with Crippen LogP contribution in [0.15, 0.2) is 54.6 Å². The monoisotopic (exact) mass is 368 g/mol. The molecule has 5 nitrogen and oxygen atoms in total. The number of nitrogens with zero attached hydrogens (tertiary/aromatic N) is 1. The van der Waals surface area contributed by atoms with E-state index in [4.69, 9.17) is 10.5 Å². The van der Waals surface area contributed by atoms with Gasteiger partial charge in [-0.15, -0.1) is 0 Å². The van der Waals surface area contributed by atoms with E-state index in [1.54, 1.807) is 18.2 Å². The fraction of sp³-hybridized carbons (Fsp3) is 0.409. The van der Waals surface area contributed by atoms with Crippen molar-refractivity contribution in [2.45, 2.75) is 25.4 Å². The Hall–Kier alpha value is -2.37. The van der Waals surface area contributed by atoms with Crippen LogP contribution in [0.3, 0.4) is 0 Å². The van der Waals surface area contributed by atoms with Crippen LogP contribution in [-0.4, -0.2) is 42.2 Å². The van der Waals surface area contributed by atoms with E-state index in [-0.39, 0.29) is 0 Å². The largest absolute Gasteiger partial charge is 0.493 e. The molecule has 5 heteroatoms. The van der Waals surface area contributed by atoms with Gasteiger partial charge < -0.3 is 20.5 Å². The zero-order chi connectivity index (χ0) is 19.1. The topological polar surface area (TPSA) is 75.8 Å². The van der Waals surface area contributed by atoms with E-state index in [0.717, 1.165) is 37.9 Å².